The molecular formula is C33H27NS. The highest BCUT2D eigenvalue weighted by molar-refractivity contribution is 7.12. The summed E-state index contributed by atoms with van der Waals surface area (Å²) in [5.41, 5.74) is 6.96. The van der Waals surface area contributed by atoms with Crippen LogP contribution in [0.25, 0.3) is 24.3 Å². The Morgan fingerprint density at radius 3 is 1.63 bits per heavy atom. The van der Waals surface area contributed by atoms with Gasteiger partial charge in [-0.05, 0) is 72.2 Å². The molecule has 0 fully saturated rings. The molecule has 0 bridgehead atoms. The summed E-state index contributed by atoms with van der Waals surface area (Å²) in [6.07, 6.45) is 8.74. The lowest BCUT2D eigenvalue weighted by Gasteiger charge is -2.27. The van der Waals surface area contributed by atoms with Gasteiger partial charge in [-0.2, -0.15) is 0 Å². The van der Waals surface area contributed by atoms with Crippen LogP contribution >= 0.6 is 11.3 Å². The van der Waals surface area contributed by atoms with Gasteiger partial charge in [0.05, 0.1) is 5.69 Å². The van der Waals surface area contributed by atoms with Gasteiger partial charge < -0.3 is 4.90 Å². The maximum atomic E-state index is 2.31. The number of para-hydroxylation sites is 3. The molecule has 4 aromatic carbocycles. The van der Waals surface area contributed by atoms with Gasteiger partial charge in [0.1, 0.15) is 0 Å². The van der Waals surface area contributed by atoms with Crippen molar-refractivity contribution in [2.45, 2.75) is 6.92 Å². The van der Waals surface area contributed by atoms with E-state index < -0.39 is 0 Å². The first-order chi connectivity index (χ1) is 17.3. The normalized spacial score (nSPS) is 11.3. The lowest BCUT2D eigenvalue weighted by atomic mass is 10.1. The molecule has 0 aliphatic rings. The molecule has 2 heteroatoms. The first kappa shape index (κ1) is 22.6. The molecule has 0 saturated carbocycles. The predicted molar refractivity (Wildman–Crippen MR) is 154 cm³/mol. The van der Waals surface area contributed by atoms with Crippen molar-refractivity contribution in [3.63, 3.8) is 0 Å². The molecule has 5 aromatic rings. The van der Waals surface area contributed by atoms with Crippen molar-refractivity contribution in [3.05, 3.63) is 148 Å². The van der Waals surface area contributed by atoms with Crippen LogP contribution in [0.2, 0.25) is 0 Å². The Morgan fingerprint density at radius 1 is 0.514 bits per heavy atom. The van der Waals surface area contributed by atoms with Crippen molar-refractivity contribution < 1.29 is 0 Å². The maximum Gasteiger partial charge on any atom is 0.0533 e. The first-order valence-electron chi connectivity index (χ1n) is 11.8. The van der Waals surface area contributed by atoms with Crippen LogP contribution in [0.4, 0.5) is 17.1 Å². The Hall–Kier alpha value is -4.14. The summed E-state index contributed by atoms with van der Waals surface area (Å²) in [6, 6.07) is 42.6. The second-order valence-corrected chi connectivity index (χ2v) is 9.67. The van der Waals surface area contributed by atoms with Crippen molar-refractivity contribution in [1.82, 2.24) is 0 Å². The Labute approximate surface area is 212 Å². The van der Waals surface area contributed by atoms with Crippen LogP contribution in [-0.2, 0) is 0 Å². The van der Waals surface area contributed by atoms with Crippen molar-refractivity contribution in [3.8, 4) is 0 Å². The van der Waals surface area contributed by atoms with Crippen LogP contribution in [-0.4, -0.2) is 0 Å². The standard InChI is InChI=1S/C33H27NS/c1-26-16-24-32(35-26)25-22-28-19-17-27(18-20-28)21-23-29-10-8-9-15-33(29)34(30-11-4-2-5-12-30)31-13-6-3-7-14-31/h2-25H,1H3. The Balaban J connectivity index is 1.42. The third kappa shape index (κ3) is 5.68. The van der Waals surface area contributed by atoms with Gasteiger partial charge in [-0.15, -0.1) is 11.3 Å². The third-order valence-electron chi connectivity index (χ3n) is 5.80. The van der Waals surface area contributed by atoms with Crippen LogP contribution in [0.5, 0.6) is 0 Å². The molecule has 1 heterocycles. The number of anilines is 3. The van der Waals surface area contributed by atoms with Gasteiger partial charge in [0.25, 0.3) is 0 Å². The van der Waals surface area contributed by atoms with Crippen LogP contribution in [0.15, 0.2) is 121 Å². The largest absolute Gasteiger partial charge is 0.310 e. The van der Waals surface area contributed by atoms with Gasteiger partial charge in [-0.25, -0.2) is 0 Å². The number of hydrogen-bond acceptors (Lipinski definition) is 2. The summed E-state index contributed by atoms with van der Waals surface area (Å²) in [5, 5.41) is 0. The van der Waals surface area contributed by atoms with Gasteiger partial charge in [-0.3, -0.25) is 0 Å². The average Bonchev–Trinajstić information content (AvgIpc) is 3.34. The number of thiophene rings is 1. The minimum absolute atomic E-state index is 1.14. The van der Waals surface area contributed by atoms with Gasteiger partial charge in [0.2, 0.25) is 0 Å². The van der Waals surface area contributed by atoms with Gasteiger partial charge >= 0.3 is 0 Å². The Bertz CT molecular complexity index is 1390. The molecular weight excluding hydrogens is 442 g/mol. The molecule has 1 nitrogen and oxygen atoms in total. The van der Waals surface area contributed by atoms with E-state index in [-0.39, 0.29) is 0 Å². The summed E-state index contributed by atoms with van der Waals surface area (Å²) >= 11 is 1.81. The van der Waals surface area contributed by atoms with E-state index >= 15 is 0 Å². The highest BCUT2D eigenvalue weighted by Gasteiger charge is 2.14. The number of nitrogens with zero attached hydrogens (tertiary/aromatic N) is 1. The minimum Gasteiger partial charge on any atom is -0.310 e. The number of rotatable bonds is 7. The molecule has 170 valence electrons. The highest BCUT2D eigenvalue weighted by atomic mass is 32.1. The predicted octanol–water partition coefficient (Wildman–Crippen LogP) is 9.87. The maximum absolute atomic E-state index is 2.31. The zero-order chi connectivity index (χ0) is 23.9. The lowest BCUT2D eigenvalue weighted by molar-refractivity contribution is 1.28. The molecule has 0 saturated heterocycles. The third-order valence-corrected chi connectivity index (χ3v) is 6.77. The van der Waals surface area contributed by atoms with Crippen molar-refractivity contribution in [2.24, 2.45) is 0 Å². The SMILES string of the molecule is Cc1ccc(C=Cc2ccc(C=Cc3ccccc3N(c3ccccc3)c3ccccc3)cc2)s1. The second kappa shape index (κ2) is 10.9. The molecule has 0 atom stereocenters. The van der Waals surface area contributed by atoms with Gasteiger partial charge in [0, 0.05) is 21.1 Å². The van der Waals surface area contributed by atoms with Crippen LogP contribution in [0.1, 0.15) is 26.4 Å². The summed E-state index contributed by atoms with van der Waals surface area (Å²) in [6.45, 7) is 2.14. The van der Waals surface area contributed by atoms with E-state index in [1.807, 2.05) is 11.3 Å². The van der Waals surface area contributed by atoms with Crippen LogP contribution in [0.3, 0.4) is 0 Å². The van der Waals surface area contributed by atoms with E-state index in [4.69, 9.17) is 0 Å². The van der Waals surface area contributed by atoms with Gasteiger partial charge in [-0.1, -0.05) is 97.1 Å². The van der Waals surface area contributed by atoms with Crippen LogP contribution < -0.4 is 4.90 Å². The number of benzene rings is 4. The van der Waals surface area contributed by atoms with Crippen LogP contribution in [0, 0.1) is 6.92 Å². The Morgan fingerprint density at radius 2 is 1.06 bits per heavy atom. The minimum atomic E-state index is 1.14. The molecule has 0 spiro atoms. The molecule has 0 N–H and O–H groups in total. The average molecular weight is 470 g/mol. The molecule has 0 amide bonds. The zero-order valence-electron chi connectivity index (χ0n) is 19.7. The topological polar surface area (TPSA) is 3.24 Å². The number of hydrogen-bond donors (Lipinski definition) is 0. The Kier molecular flexibility index (Phi) is 7.02. The molecule has 0 radical (unpaired) electrons. The highest BCUT2D eigenvalue weighted by Crippen LogP contribution is 2.36. The van der Waals surface area contributed by atoms with E-state index in [0.717, 1.165) is 22.6 Å². The van der Waals surface area contributed by atoms with E-state index in [1.54, 1.807) is 0 Å². The summed E-state index contributed by atoms with van der Waals surface area (Å²) in [7, 11) is 0. The lowest BCUT2D eigenvalue weighted by Crippen LogP contribution is -2.10. The first-order valence-corrected chi connectivity index (χ1v) is 12.6. The number of aryl methyl sites for hydroxylation is 1. The van der Waals surface area contributed by atoms with Crippen molar-refractivity contribution >= 4 is 52.7 Å². The van der Waals surface area contributed by atoms with Gasteiger partial charge in [0.15, 0.2) is 0 Å². The fourth-order valence-corrected chi connectivity index (χ4v) is 4.82. The van der Waals surface area contributed by atoms with E-state index in [1.165, 1.54) is 20.9 Å². The molecule has 0 aliphatic carbocycles. The monoisotopic (exact) mass is 469 g/mol. The second-order valence-electron chi connectivity index (χ2n) is 8.35. The van der Waals surface area contributed by atoms with E-state index in [9.17, 15) is 0 Å². The summed E-state index contributed by atoms with van der Waals surface area (Å²) in [5.74, 6) is 0. The molecule has 35 heavy (non-hydrogen) atoms. The molecule has 1 aromatic heterocycles. The summed E-state index contributed by atoms with van der Waals surface area (Å²) < 4.78 is 0. The fraction of sp³-hybridized carbons (Fsp3) is 0.0303. The van der Waals surface area contributed by atoms with Crippen molar-refractivity contribution in [1.29, 1.82) is 0 Å². The zero-order valence-corrected chi connectivity index (χ0v) is 20.5. The molecule has 5 rings (SSSR count). The smallest absolute Gasteiger partial charge is 0.0533 e. The van der Waals surface area contributed by atoms with E-state index in [0.29, 0.717) is 0 Å². The quantitative estimate of drug-likeness (QED) is 0.214. The van der Waals surface area contributed by atoms with E-state index in [2.05, 4.69) is 157 Å². The summed E-state index contributed by atoms with van der Waals surface area (Å²) in [4.78, 5) is 4.92. The van der Waals surface area contributed by atoms with Crippen molar-refractivity contribution in [2.75, 3.05) is 4.90 Å². The fourth-order valence-electron chi connectivity index (χ4n) is 4.04. The molecule has 0 aliphatic heterocycles. The molecule has 0 unspecified atom stereocenters.